The Morgan fingerprint density at radius 3 is 2.73 bits per heavy atom. The zero-order valence-electron chi connectivity index (χ0n) is 12.6. The summed E-state index contributed by atoms with van der Waals surface area (Å²) in [5.41, 5.74) is 3.12. The molecule has 0 bridgehead atoms. The molecule has 0 unspecified atom stereocenters. The molecule has 1 amide bonds. The van der Waals surface area contributed by atoms with Crippen molar-refractivity contribution in [1.82, 2.24) is 9.88 Å². The molecule has 4 heteroatoms. The SMILES string of the molecule is Cc1ccc(CC(=O)N(Cc2cccc(Br)c2)C2CC2)cn1. The number of nitrogens with zero attached hydrogens (tertiary/aromatic N) is 2. The molecule has 1 heterocycles. The van der Waals surface area contributed by atoms with Gasteiger partial charge in [0.05, 0.1) is 6.42 Å². The Morgan fingerprint density at radius 2 is 2.09 bits per heavy atom. The van der Waals surface area contributed by atoms with Gasteiger partial charge in [-0.2, -0.15) is 0 Å². The average molecular weight is 359 g/mol. The minimum Gasteiger partial charge on any atom is -0.335 e. The van der Waals surface area contributed by atoms with E-state index in [-0.39, 0.29) is 5.91 Å². The molecule has 2 aromatic rings. The number of aryl methyl sites for hydroxylation is 1. The fraction of sp³-hybridized carbons (Fsp3) is 0.333. The van der Waals surface area contributed by atoms with Gasteiger partial charge in [-0.05, 0) is 49.1 Å². The summed E-state index contributed by atoms with van der Waals surface area (Å²) >= 11 is 3.49. The maximum Gasteiger partial charge on any atom is 0.227 e. The molecule has 0 aliphatic heterocycles. The van der Waals surface area contributed by atoms with Crippen molar-refractivity contribution < 1.29 is 4.79 Å². The lowest BCUT2D eigenvalue weighted by Gasteiger charge is -2.23. The fourth-order valence-electron chi connectivity index (χ4n) is 2.52. The first-order chi connectivity index (χ1) is 10.6. The predicted octanol–water partition coefficient (Wildman–Crippen LogP) is 3.89. The standard InChI is InChI=1S/C18H19BrN2O/c1-13-5-6-14(11-20-13)10-18(22)21(17-7-8-17)12-15-3-2-4-16(19)9-15/h2-6,9,11,17H,7-8,10,12H2,1H3. The first kappa shape index (κ1) is 15.2. The third-order valence-corrected chi connectivity index (χ3v) is 4.37. The quantitative estimate of drug-likeness (QED) is 0.812. The number of carbonyl (C=O) groups excluding carboxylic acids is 1. The number of aromatic nitrogens is 1. The van der Waals surface area contributed by atoms with E-state index in [0.717, 1.165) is 34.1 Å². The number of halogens is 1. The number of benzene rings is 1. The van der Waals surface area contributed by atoms with E-state index in [4.69, 9.17) is 0 Å². The summed E-state index contributed by atoms with van der Waals surface area (Å²) in [6, 6.07) is 12.5. The van der Waals surface area contributed by atoms with Gasteiger partial charge in [-0.25, -0.2) is 0 Å². The van der Waals surface area contributed by atoms with Crippen LogP contribution in [-0.4, -0.2) is 21.8 Å². The number of carbonyl (C=O) groups is 1. The molecular weight excluding hydrogens is 340 g/mol. The lowest BCUT2D eigenvalue weighted by molar-refractivity contribution is -0.131. The molecule has 0 N–H and O–H groups in total. The Labute approximate surface area is 139 Å². The maximum absolute atomic E-state index is 12.7. The molecule has 114 valence electrons. The van der Waals surface area contributed by atoms with E-state index in [1.54, 1.807) is 6.20 Å². The zero-order chi connectivity index (χ0) is 15.5. The topological polar surface area (TPSA) is 33.2 Å². The number of rotatable bonds is 5. The van der Waals surface area contributed by atoms with Crippen molar-refractivity contribution in [3.05, 3.63) is 63.9 Å². The van der Waals surface area contributed by atoms with E-state index in [2.05, 4.69) is 33.0 Å². The summed E-state index contributed by atoms with van der Waals surface area (Å²) in [7, 11) is 0. The summed E-state index contributed by atoms with van der Waals surface area (Å²) in [4.78, 5) is 18.9. The highest BCUT2D eigenvalue weighted by Gasteiger charge is 2.32. The molecule has 1 aromatic heterocycles. The van der Waals surface area contributed by atoms with Crippen LogP contribution in [0.3, 0.4) is 0 Å². The molecule has 1 saturated carbocycles. The molecule has 0 radical (unpaired) electrons. The van der Waals surface area contributed by atoms with E-state index >= 15 is 0 Å². The molecule has 1 fully saturated rings. The molecule has 0 saturated heterocycles. The monoisotopic (exact) mass is 358 g/mol. The van der Waals surface area contributed by atoms with Crippen LogP contribution in [0.15, 0.2) is 47.1 Å². The highest BCUT2D eigenvalue weighted by molar-refractivity contribution is 9.10. The van der Waals surface area contributed by atoms with E-state index < -0.39 is 0 Å². The van der Waals surface area contributed by atoms with Crippen molar-refractivity contribution in [1.29, 1.82) is 0 Å². The number of hydrogen-bond donors (Lipinski definition) is 0. The molecule has 1 aliphatic rings. The van der Waals surface area contributed by atoms with Gasteiger partial charge in [0, 0.05) is 29.0 Å². The summed E-state index contributed by atoms with van der Waals surface area (Å²) in [6.07, 6.45) is 4.47. The second kappa shape index (κ2) is 6.61. The van der Waals surface area contributed by atoms with Crippen LogP contribution < -0.4 is 0 Å². The van der Waals surface area contributed by atoms with Gasteiger partial charge >= 0.3 is 0 Å². The minimum atomic E-state index is 0.188. The Morgan fingerprint density at radius 1 is 1.27 bits per heavy atom. The molecule has 0 spiro atoms. The van der Waals surface area contributed by atoms with Crippen molar-refractivity contribution >= 4 is 21.8 Å². The van der Waals surface area contributed by atoms with Gasteiger partial charge in [0.1, 0.15) is 0 Å². The summed E-state index contributed by atoms with van der Waals surface area (Å²) < 4.78 is 1.05. The number of pyridine rings is 1. The normalized spacial score (nSPS) is 13.9. The number of amides is 1. The van der Waals surface area contributed by atoms with Gasteiger partial charge in [0.2, 0.25) is 5.91 Å². The summed E-state index contributed by atoms with van der Waals surface area (Å²) in [5.74, 6) is 0.188. The summed E-state index contributed by atoms with van der Waals surface area (Å²) in [5, 5.41) is 0. The molecular formula is C18H19BrN2O. The Hall–Kier alpha value is -1.68. The Kier molecular flexibility index (Phi) is 4.57. The Bertz CT molecular complexity index is 665. The van der Waals surface area contributed by atoms with Crippen LogP contribution in [0.4, 0.5) is 0 Å². The summed E-state index contributed by atoms with van der Waals surface area (Å²) in [6.45, 7) is 2.64. The second-order valence-corrected chi connectivity index (χ2v) is 6.78. The first-order valence-corrected chi connectivity index (χ1v) is 8.36. The second-order valence-electron chi connectivity index (χ2n) is 5.87. The largest absolute Gasteiger partial charge is 0.335 e. The number of hydrogen-bond acceptors (Lipinski definition) is 2. The van der Waals surface area contributed by atoms with E-state index in [0.29, 0.717) is 19.0 Å². The Balaban J connectivity index is 1.70. The van der Waals surface area contributed by atoms with Crippen LogP contribution >= 0.6 is 15.9 Å². The lowest BCUT2D eigenvalue weighted by Crippen LogP contribution is -2.33. The minimum absolute atomic E-state index is 0.188. The zero-order valence-corrected chi connectivity index (χ0v) is 14.2. The molecule has 1 aromatic carbocycles. The van der Waals surface area contributed by atoms with Crippen LogP contribution in [0, 0.1) is 6.92 Å². The highest BCUT2D eigenvalue weighted by atomic mass is 79.9. The fourth-order valence-corrected chi connectivity index (χ4v) is 2.96. The first-order valence-electron chi connectivity index (χ1n) is 7.57. The van der Waals surface area contributed by atoms with Gasteiger partial charge in [0.25, 0.3) is 0 Å². The van der Waals surface area contributed by atoms with Crippen molar-refractivity contribution in [2.45, 2.75) is 38.8 Å². The van der Waals surface area contributed by atoms with Gasteiger partial charge in [0.15, 0.2) is 0 Å². The van der Waals surface area contributed by atoms with E-state index in [1.807, 2.05) is 36.1 Å². The van der Waals surface area contributed by atoms with Gasteiger partial charge < -0.3 is 4.90 Å². The third kappa shape index (κ3) is 3.95. The van der Waals surface area contributed by atoms with Crippen LogP contribution in [0.2, 0.25) is 0 Å². The maximum atomic E-state index is 12.7. The van der Waals surface area contributed by atoms with E-state index in [9.17, 15) is 4.79 Å². The smallest absolute Gasteiger partial charge is 0.227 e. The van der Waals surface area contributed by atoms with Gasteiger partial charge in [-0.1, -0.05) is 34.1 Å². The van der Waals surface area contributed by atoms with Crippen LogP contribution in [0.25, 0.3) is 0 Å². The van der Waals surface area contributed by atoms with Crippen LogP contribution in [-0.2, 0) is 17.8 Å². The van der Waals surface area contributed by atoms with Crippen molar-refractivity contribution in [3.63, 3.8) is 0 Å². The third-order valence-electron chi connectivity index (χ3n) is 3.88. The lowest BCUT2D eigenvalue weighted by atomic mass is 10.1. The van der Waals surface area contributed by atoms with Crippen LogP contribution in [0.1, 0.15) is 29.7 Å². The average Bonchev–Trinajstić information content (AvgIpc) is 3.32. The van der Waals surface area contributed by atoms with E-state index in [1.165, 1.54) is 0 Å². The highest BCUT2D eigenvalue weighted by Crippen LogP contribution is 2.29. The van der Waals surface area contributed by atoms with Crippen molar-refractivity contribution in [2.75, 3.05) is 0 Å². The van der Waals surface area contributed by atoms with Crippen molar-refractivity contribution in [3.8, 4) is 0 Å². The molecule has 1 aliphatic carbocycles. The predicted molar refractivity (Wildman–Crippen MR) is 90.4 cm³/mol. The van der Waals surface area contributed by atoms with Gasteiger partial charge in [-0.15, -0.1) is 0 Å². The van der Waals surface area contributed by atoms with Gasteiger partial charge in [-0.3, -0.25) is 9.78 Å². The molecule has 0 atom stereocenters. The van der Waals surface area contributed by atoms with Crippen LogP contribution in [0.5, 0.6) is 0 Å². The van der Waals surface area contributed by atoms with Crippen molar-refractivity contribution in [2.24, 2.45) is 0 Å². The molecule has 22 heavy (non-hydrogen) atoms. The molecule has 3 nitrogen and oxygen atoms in total. The molecule has 3 rings (SSSR count).